The van der Waals surface area contributed by atoms with Crippen LogP contribution in [0.2, 0.25) is 0 Å². The molecular weight excluding hydrogens is 266 g/mol. The van der Waals surface area contributed by atoms with Gasteiger partial charge in [0, 0.05) is 18.3 Å². The second-order valence-corrected chi connectivity index (χ2v) is 5.57. The Morgan fingerprint density at radius 2 is 2.00 bits per heavy atom. The first kappa shape index (κ1) is 15.8. The molecule has 21 heavy (non-hydrogen) atoms. The van der Waals surface area contributed by atoms with Gasteiger partial charge >= 0.3 is 6.03 Å². The van der Waals surface area contributed by atoms with Crippen molar-refractivity contribution >= 4 is 11.7 Å². The van der Waals surface area contributed by atoms with E-state index in [1.807, 2.05) is 31.2 Å². The first-order valence-corrected chi connectivity index (χ1v) is 7.67. The van der Waals surface area contributed by atoms with Gasteiger partial charge in [0.2, 0.25) is 0 Å². The average molecular weight is 291 g/mol. The van der Waals surface area contributed by atoms with Crippen molar-refractivity contribution in [3.05, 3.63) is 29.8 Å². The van der Waals surface area contributed by atoms with Crippen molar-refractivity contribution in [2.24, 2.45) is 5.73 Å². The minimum atomic E-state index is -0.210. The van der Waals surface area contributed by atoms with Crippen LogP contribution in [-0.4, -0.2) is 25.3 Å². The zero-order valence-electron chi connectivity index (χ0n) is 12.6. The number of rotatable bonds is 6. The van der Waals surface area contributed by atoms with Gasteiger partial charge in [-0.2, -0.15) is 0 Å². The van der Waals surface area contributed by atoms with Gasteiger partial charge in [-0.3, -0.25) is 0 Å². The maximum atomic E-state index is 11.7. The third-order valence-electron chi connectivity index (χ3n) is 3.74. The second kappa shape index (κ2) is 8.00. The van der Waals surface area contributed by atoms with Crippen LogP contribution in [0.3, 0.4) is 0 Å². The Morgan fingerprint density at radius 1 is 1.33 bits per heavy atom. The van der Waals surface area contributed by atoms with Crippen LogP contribution in [0, 0.1) is 0 Å². The highest BCUT2D eigenvalue weighted by Gasteiger charge is 2.14. The van der Waals surface area contributed by atoms with E-state index in [1.54, 1.807) is 0 Å². The maximum absolute atomic E-state index is 11.7. The Bertz CT molecular complexity index is 439. The van der Waals surface area contributed by atoms with Crippen LogP contribution in [0.1, 0.15) is 44.2 Å². The predicted octanol–water partition coefficient (Wildman–Crippen LogP) is 2.79. The van der Waals surface area contributed by atoms with E-state index in [-0.39, 0.29) is 12.1 Å². The van der Waals surface area contributed by atoms with E-state index in [2.05, 4.69) is 10.6 Å². The number of nitrogens with one attached hydrogen (secondary N) is 2. The van der Waals surface area contributed by atoms with Crippen molar-refractivity contribution in [1.82, 2.24) is 5.32 Å². The number of urea groups is 1. The number of anilines is 1. The normalized spacial score (nSPS) is 16.7. The minimum absolute atomic E-state index is 0.000567. The highest BCUT2D eigenvalue weighted by atomic mass is 16.5. The van der Waals surface area contributed by atoms with Crippen molar-refractivity contribution in [1.29, 1.82) is 0 Å². The van der Waals surface area contributed by atoms with Crippen molar-refractivity contribution in [2.75, 3.05) is 18.5 Å². The fraction of sp³-hybridized carbons (Fsp3) is 0.562. The number of hydrogen-bond acceptors (Lipinski definition) is 3. The van der Waals surface area contributed by atoms with E-state index < -0.39 is 0 Å². The molecule has 2 rings (SSSR count). The lowest BCUT2D eigenvalue weighted by Gasteiger charge is -2.12. The van der Waals surface area contributed by atoms with Crippen LogP contribution < -0.4 is 16.4 Å². The summed E-state index contributed by atoms with van der Waals surface area (Å²) in [5, 5.41) is 5.58. The number of ether oxygens (including phenoxy) is 1. The largest absolute Gasteiger partial charge is 0.376 e. The molecule has 0 bridgehead atoms. The summed E-state index contributed by atoms with van der Waals surface area (Å²) < 4.78 is 5.69. The molecular formula is C16H25N3O2. The molecule has 0 spiro atoms. The molecule has 2 amide bonds. The molecule has 5 heteroatoms. The van der Waals surface area contributed by atoms with Gasteiger partial charge in [0.15, 0.2) is 0 Å². The van der Waals surface area contributed by atoms with Gasteiger partial charge in [-0.25, -0.2) is 4.79 Å². The Labute approximate surface area is 126 Å². The number of nitrogens with two attached hydrogens (primary N) is 1. The lowest BCUT2D eigenvalue weighted by atomic mass is 10.1. The third kappa shape index (κ3) is 5.36. The molecule has 1 saturated carbocycles. The second-order valence-electron chi connectivity index (χ2n) is 5.57. The molecule has 5 nitrogen and oxygen atoms in total. The van der Waals surface area contributed by atoms with Gasteiger partial charge in [0.1, 0.15) is 0 Å². The summed E-state index contributed by atoms with van der Waals surface area (Å²) in [5.74, 6) is 0. The van der Waals surface area contributed by atoms with E-state index in [0.29, 0.717) is 19.3 Å². The number of hydrogen-bond donors (Lipinski definition) is 3. The summed E-state index contributed by atoms with van der Waals surface area (Å²) >= 11 is 0. The van der Waals surface area contributed by atoms with Crippen LogP contribution in [0.5, 0.6) is 0 Å². The zero-order chi connectivity index (χ0) is 15.1. The highest BCUT2D eigenvalue weighted by Crippen LogP contribution is 2.20. The summed E-state index contributed by atoms with van der Waals surface area (Å²) in [6, 6.07) is 7.34. The van der Waals surface area contributed by atoms with Gasteiger partial charge in [-0.1, -0.05) is 25.0 Å². The van der Waals surface area contributed by atoms with Crippen LogP contribution >= 0.6 is 0 Å². The van der Waals surface area contributed by atoms with Crippen LogP contribution in [0.15, 0.2) is 24.3 Å². The van der Waals surface area contributed by atoms with Crippen LogP contribution in [0.25, 0.3) is 0 Å². The molecule has 0 radical (unpaired) electrons. The maximum Gasteiger partial charge on any atom is 0.319 e. The molecule has 1 aliphatic carbocycles. The van der Waals surface area contributed by atoms with Gasteiger partial charge in [-0.15, -0.1) is 0 Å². The molecule has 1 unspecified atom stereocenters. The van der Waals surface area contributed by atoms with Crippen molar-refractivity contribution in [2.45, 2.75) is 44.8 Å². The lowest BCUT2D eigenvalue weighted by Crippen LogP contribution is -2.32. The monoisotopic (exact) mass is 291 g/mol. The Kier molecular flexibility index (Phi) is 6.02. The molecule has 1 aromatic rings. The molecule has 0 aliphatic heterocycles. The van der Waals surface area contributed by atoms with Crippen molar-refractivity contribution in [3.8, 4) is 0 Å². The molecule has 1 aliphatic rings. The molecule has 1 fully saturated rings. The summed E-state index contributed by atoms with van der Waals surface area (Å²) in [7, 11) is 0. The molecule has 116 valence electrons. The molecule has 1 atom stereocenters. The van der Waals surface area contributed by atoms with Crippen LogP contribution in [-0.2, 0) is 4.74 Å². The fourth-order valence-corrected chi connectivity index (χ4v) is 2.49. The zero-order valence-corrected chi connectivity index (χ0v) is 12.6. The summed E-state index contributed by atoms with van der Waals surface area (Å²) in [6.45, 7) is 3.03. The molecule has 0 heterocycles. The smallest absolute Gasteiger partial charge is 0.319 e. The van der Waals surface area contributed by atoms with E-state index in [1.165, 1.54) is 12.8 Å². The lowest BCUT2D eigenvalue weighted by molar-refractivity contribution is 0.0615. The third-order valence-corrected chi connectivity index (χ3v) is 3.74. The van der Waals surface area contributed by atoms with E-state index in [4.69, 9.17) is 10.5 Å². The van der Waals surface area contributed by atoms with Crippen molar-refractivity contribution in [3.63, 3.8) is 0 Å². The first-order valence-electron chi connectivity index (χ1n) is 7.67. The van der Waals surface area contributed by atoms with E-state index >= 15 is 0 Å². The topological polar surface area (TPSA) is 76.4 Å². The van der Waals surface area contributed by atoms with Gasteiger partial charge in [-0.05, 0) is 37.5 Å². The Hall–Kier alpha value is -1.59. The quantitative estimate of drug-likeness (QED) is 0.705. The van der Waals surface area contributed by atoms with Crippen molar-refractivity contribution < 1.29 is 9.53 Å². The summed E-state index contributed by atoms with van der Waals surface area (Å²) in [6.07, 6.45) is 5.21. The van der Waals surface area contributed by atoms with Crippen LogP contribution in [0.4, 0.5) is 10.5 Å². The first-order chi connectivity index (χ1) is 10.1. The molecule has 0 aromatic heterocycles. The van der Waals surface area contributed by atoms with E-state index in [9.17, 15) is 4.79 Å². The summed E-state index contributed by atoms with van der Waals surface area (Å²) in [4.78, 5) is 11.7. The Balaban J connectivity index is 1.64. The highest BCUT2D eigenvalue weighted by molar-refractivity contribution is 5.89. The average Bonchev–Trinajstić information content (AvgIpc) is 2.97. The number of benzene rings is 1. The number of carbonyl (C=O) groups is 1. The SMILES string of the molecule is CC(N)c1ccc(NC(=O)NCCOC2CCCC2)cc1. The minimum Gasteiger partial charge on any atom is -0.376 e. The molecule has 4 N–H and O–H groups in total. The number of carbonyl (C=O) groups excluding carboxylic acids is 1. The Morgan fingerprint density at radius 3 is 2.62 bits per heavy atom. The van der Waals surface area contributed by atoms with Gasteiger partial charge in [0.25, 0.3) is 0 Å². The van der Waals surface area contributed by atoms with Gasteiger partial charge in [0.05, 0.1) is 12.7 Å². The molecule has 0 saturated heterocycles. The number of amides is 2. The molecule has 1 aromatic carbocycles. The standard InChI is InChI=1S/C16H25N3O2/c1-12(17)13-6-8-14(9-7-13)19-16(20)18-10-11-21-15-4-2-3-5-15/h6-9,12,15H,2-5,10-11,17H2,1H3,(H2,18,19,20). The summed E-state index contributed by atoms with van der Waals surface area (Å²) in [5.41, 5.74) is 7.59. The predicted molar refractivity (Wildman–Crippen MR) is 84.3 cm³/mol. The fourth-order valence-electron chi connectivity index (χ4n) is 2.49. The van der Waals surface area contributed by atoms with E-state index in [0.717, 1.165) is 24.1 Å². The van der Waals surface area contributed by atoms with Gasteiger partial charge < -0.3 is 21.1 Å².